The first-order valence-corrected chi connectivity index (χ1v) is 12.4. The molecule has 0 aromatic carbocycles. The molecule has 2 saturated carbocycles. The number of hydrogen-bond donors (Lipinski definition) is 3. The summed E-state index contributed by atoms with van der Waals surface area (Å²) in [4.78, 5) is 16.9. The van der Waals surface area contributed by atoms with Crippen LogP contribution in [0.5, 0.6) is 0 Å². The van der Waals surface area contributed by atoms with E-state index in [9.17, 15) is 9.90 Å². The number of hydrogen-bond acceptors (Lipinski definition) is 5. The first-order chi connectivity index (χ1) is 15.2. The van der Waals surface area contributed by atoms with Crippen LogP contribution in [0.4, 0.5) is 0 Å². The maximum atomic E-state index is 12.8. The Morgan fingerprint density at radius 3 is 2.72 bits per heavy atom. The fourth-order valence-corrected chi connectivity index (χ4v) is 6.75. The molecule has 178 valence electrons. The second kappa shape index (κ2) is 9.40. The molecule has 1 aromatic rings. The minimum absolute atomic E-state index is 0.0513. The van der Waals surface area contributed by atoms with E-state index in [4.69, 9.17) is 4.74 Å². The van der Waals surface area contributed by atoms with Gasteiger partial charge in [0.2, 0.25) is 5.91 Å². The van der Waals surface area contributed by atoms with Crippen LogP contribution in [0.2, 0.25) is 0 Å². The molecule has 32 heavy (non-hydrogen) atoms. The van der Waals surface area contributed by atoms with Gasteiger partial charge in [-0.3, -0.25) is 9.78 Å². The van der Waals surface area contributed by atoms with Crippen molar-refractivity contribution in [3.8, 4) is 0 Å². The van der Waals surface area contributed by atoms with E-state index in [0.29, 0.717) is 31.0 Å². The highest BCUT2D eigenvalue weighted by Gasteiger charge is 2.61. The van der Waals surface area contributed by atoms with E-state index in [-0.39, 0.29) is 16.7 Å². The number of nitrogens with zero attached hydrogens (tertiary/aromatic N) is 1. The Morgan fingerprint density at radius 1 is 1.22 bits per heavy atom. The van der Waals surface area contributed by atoms with Gasteiger partial charge in [-0.1, -0.05) is 19.9 Å². The average molecular weight is 444 g/mol. The molecule has 0 unspecified atom stereocenters. The average Bonchev–Trinajstić information content (AvgIpc) is 2.98. The summed E-state index contributed by atoms with van der Waals surface area (Å²) in [5, 5.41) is 18.0. The number of ether oxygens (including phenoxy) is 1. The number of carbonyl (C=O) groups is 1. The molecule has 4 rings (SSSR count). The van der Waals surface area contributed by atoms with E-state index in [1.165, 1.54) is 0 Å². The summed E-state index contributed by atoms with van der Waals surface area (Å²) >= 11 is 0. The molecule has 0 radical (unpaired) electrons. The van der Waals surface area contributed by atoms with Gasteiger partial charge in [0.1, 0.15) is 0 Å². The number of pyridine rings is 1. The topological polar surface area (TPSA) is 83.5 Å². The van der Waals surface area contributed by atoms with Crippen molar-refractivity contribution in [2.45, 2.75) is 96.4 Å². The van der Waals surface area contributed by atoms with Crippen LogP contribution in [-0.2, 0) is 16.1 Å². The Morgan fingerprint density at radius 2 is 2.00 bits per heavy atom. The predicted octanol–water partition coefficient (Wildman–Crippen LogP) is 3.58. The van der Waals surface area contributed by atoms with Gasteiger partial charge in [0.05, 0.1) is 5.60 Å². The van der Waals surface area contributed by atoms with E-state index in [2.05, 4.69) is 29.5 Å². The van der Waals surface area contributed by atoms with Gasteiger partial charge in [-0.2, -0.15) is 0 Å². The number of rotatable bonds is 7. The monoisotopic (exact) mass is 443 g/mol. The minimum Gasteiger partial charge on any atom is -0.390 e. The third kappa shape index (κ3) is 5.18. The van der Waals surface area contributed by atoms with Crippen LogP contribution in [0.25, 0.3) is 0 Å². The van der Waals surface area contributed by atoms with Crippen LogP contribution >= 0.6 is 0 Å². The lowest BCUT2D eigenvalue weighted by Gasteiger charge is -2.51. The molecule has 2 aliphatic carbocycles. The minimum atomic E-state index is -0.610. The SMILES string of the molecule is CC1(C)C[C@H](NC2CCOCC2)[C@@]2(CCC(=O)NCc3cccnc3)CC[C@](C)(O)C[C@@H]12. The molecule has 3 N–H and O–H groups in total. The fourth-order valence-electron chi connectivity index (χ4n) is 6.75. The first kappa shape index (κ1) is 23.7. The molecule has 6 heteroatoms. The molecule has 0 bridgehead atoms. The zero-order chi connectivity index (χ0) is 22.8. The van der Waals surface area contributed by atoms with Gasteiger partial charge in [0, 0.05) is 50.7 Å². The van der Waals surface area contributed by atoms with Gasteiger partial charge < -0.3 is 20.5 Å². The molecule has 1 aromatic heterocycles. The van der Waals surface area contributed by atoms with Crippen molar-refractivity contribution in [1.29, 1.82) is 0 Å². The largest absolute Gasteiger partial charge is 0.390 e. The van der Waals surface area contributed by atoms with Gasteiger partial charge >= 0.3 is 0 Å². The van der Waals surface area contributed by atoms with Gasteiger partial charge in [-0.05, 0) is 80.2 Å². The summed E-state index contributed by atoms with van der Waals surface area (Å²) in [5.41, 5.74) is 0.600. The smallest absolute Gasteiger partial charge is 0.220 e. The first-order valence-electron chi connectivity index (χ1n) is 12.4. The zero-order valence-corrected chi connectivity index (χ0v) is 20.0. The maximum absolute atomic E-state index is 12.8. The second-order valence-corrected chi connectivity index (χ2v) is 11.4. The van der Waals surface area contributed by atoms with Crippen molar-refractivity contribution >= 4 is 5.91 Å². The van der Waals surface area contributed by atoms with Crippen molar-refractivity contribution in [2.24, 2.45) is 16.7 Å². The lowest BCUT2D eigenvalue weighted by Crippen LogP contribution is -2.54. The Balaban J connectivity index is 1.47. The summed E-state index contributed by atoms with van der Waals surface area (Å²) in [5.74, 6) is 0.510. The second-order valence-electron chi connectivity index (χ2n) is 11.4. The molecule has 1 aliphatic heterocycles. The van der Waals surface area contributed by atoms with Crippen LogP contribution in [0.15, 0.2) is 24.5 Å². The van der Waals surface area contributed by atoms with E-state index >= 15 is 0 Å². The number of amides is 1. The summed E-state index contributed by atoms with van der Waals surface area (Å²) in [6.07, 6.45) is 10.8. The van der Waals surface area contributed by atoms with E-state index < -0.39 is 5.60 Å². The molecule has 3 aliphatic rings. The quantitative estimate of drug-likeness (QED) is 0.600. The summed E-state index contributed by atoms with van der Waals surface area (Å²) in [7, 11) is 0. The van der Waals surface area contributed by atoms with E-state index in [0.717, 1.165) is 63.7 Å². The summed E-state index contributed by atoms with van der Waals surface area (Å²) in [6.45, 7) is 8.90. The molecule has 4 atom stereocenters. The Hall–Kier alpha value is -1.50. The molecular formula is C26H41N3O3. The molecule has 1 saturated heterocycles. The predicted molar refractivity (Wildman–Crippen MR) is 125 cm³/mol. The molecule has 0 spiro atoms. The van der Waals surface area contributed by atoms with Gasteiger partial charge in [-0.15, -0.1) is 0 Å². The third-order valence-electron chi connectivity index (χ3n) is 8.52. The van der Waals surface area contributed by atoms with Crippen LogP contribution in [0.3, 0.4) is 0 Å². The van der Waals surface area contributed by atoms with Crippen molar-refractivity contribution in [3.05, 3.63) is 30.1 Å². The normalized spacial score (nSPS) is 34.8. The standard InChI is InChI=1S/C26H41N3O3/c1-24(2)16-22(29-20-7-13-32-14-8-20)26(11-10-25(3,31)15-21(24)26)9-6-23(30)28-18-19-5-4-12-27-17-19/h4-5,12,17,20-22,29,31H,6-11,13-16,18H2,1-3H3,(H,28,30)/t21-,22-,25-,26-/m0/s1. The van der Waals surface area contributed by atoms with Crippen LogP contribution in [0, 0.1) is 16.7 Å². The Labute approximate surface area is 192 Å². The summed E-state index contributed by atoms with van der Waals surface area (Å²) in [6, 6.07) is 4.75. The molecule has 3 fully saturated rings. The Bertz CT molecular complexity index is 776. The molecule has 1 amide bonds. The van der Waals surface area contributed by atoms with E-state index in [1.54, 1.807) is 12.4 Å². The van der Waals surface area contributed by atoms with Gasteiger partial charge in [-0.25, -0.2) is 0 Å². The van der Waals surface area contributed by atoms with E-state index in [1.807, 2.05) is 19.1 Å². The number of aromatic nitrogens is 1. The van der Waals surface area contributed by atoms with Gasteiger partial charge in [0.25, 0.3) is 0 Å². The highest BCUT2D eigenvalue weighted by Crippen LogP contribution is 2.64. The third-order valence-corrected chi connectivity index (χ3v) is 8.52. The molecule has 6 nitrogen and oxygen atoms in total. The lowest BCUT2D eigenvalue weighted by molar-refractivity contribution is -0.123. The number of carbonyl (C=O) groups excluding carboxylic acids is 1. The van der Waals surface area contributed by atoms with Crippen LogP contribution in [0.1, 0.15) is 77.7 Å². The van der Waals surface area contributed by atoms with Crippen molar-refractivity contribution in [1.82, 2.24) is 15.6 Å². The number of fused-ring (bicyclic) bond motifs is 1. The van der Waals surface area contributed by atoms with Gasteiger partial charge in [0.15, 0.2) is 0 Å². The fraction of sp³-hybridized carbons (Fsp3) is 0.769. The number of aliphatic hydroxyl groups is 1. The van der Waals surface area contributed by atoms with Crippen molar-refractivity contribution < 1.29 is 14.6 Å². The highest BCUT2D eigenvalue weighted by molar-refractivity contribution is 5.75. The highest BCUT2D eigenvalue weighted by atomic mass is 16.5. The maximum Gasteiger partial charge on any atom is 0.220 e. The zero-order valence-electron chi connectivity index (χ0n) is 20.0. The van der Waals surface area contributed by atoms with Crippen LogP contribution < -0.4 is 10.6 Å². The lowest BCUT2D eigenvalue weighted by atomic mass is 9.57. The number of nitrogens with one attached hydrogen (secondary N) is 2. The van der Waals surface area contributed by atoms with Crippen LogP contribution in [-0.4, -0.2) is 46.9 Å². The Kier molecular flexibility index (Phi) is 6.94. The summed E-state index contributed by atoms with van der Waals surface area (Å²) < 4.78 is 5.58. The van der Waals surface area contributed by atoms with Crippen molar-refractivity contribution in [2.75, 3.05) is 13.2 Å². The molecular weight excluding hydrogens is 402 g/mol. The molecule has 2 heterocycles. The van der Waals surface area contributed by atoms with Crippen molar-refractivity contribution in [3.63, 3.8) is 0 Å².